The molecule has 0 fully saturated rings. The SMILES string of the molecule is Cc1ccc(N(c2cccc(C)c2)c2ccc3c(-c4ccccc4C(=O)N(c4ccccc4)c4ccccc4)c4ccc(=[N+](c5ccc(C)cc5)c5cccc(C)c5)cc-4oc3c2)cc1. The highest BCUT2D eigenvalue weighted by Gasteiger charge is 2.28. The van der Waals surface area contributed by atoms with E-state index in [0.29, 0.717) is 16.9 Å². The summed E-state index contributed by atoms with van der Waals surface area (Å²) in [4.78, 5) is 19.4. The molecule has 1 aliphatic carbocycles. The van der Waals surface area contributed by atoms with E-state index in [1.165, 1.54) is 22.3 Å². The number of carbonyl (C=O) groups excluding carboxylic acids is 1. The number of rotatable bonds is 9. The monoisotopic (exact) mass is 842 g/mol. The van der Waals surface area contributed by atoms with E-state index in [9.17, 15) is 0 Å². The molecular weight excluding hydrogens is 795 g/mol. The number of benzene rings is 9. The molecule has 2 aliphatic rings. The van der Waals surface area contributed by atoms with Gasteiger partial charge in [-0.1, -0.05) is 114 Å². The fourth-order valence-corrected chi connectivity index (χ4v) is 8.80. The molecule has 0 N–H and O–H groups in total. The topological polar surface area (TPSA) is 39.7 Å². The molecule has 0 atom stereocenters. The Labute approximate surface area is 380 Å². The van der Waals surface area contributed by atoms with Crippen LogP contribution in [0.1, 0.15) is 32.6 Å². The quantitative estimate of drug-likeness (QED) is 0.107. The average Bonchev–Trinajstić information content (AvgIpc) is 3.33. The standard InChI is InChI=1S/C60H48N3O2/c1-41-25-29-47(30-26-41)61(49-21-13-15-43(3)37-49)51-33-35-55-57(39-51)65-58-40-52(62(48-31-27-42(2)28-32-48)50-22-14-16-44(4)38-50)34-36-56(58)59(55)53-23-11-12-24-54(53)60(64)63(45-17-7-5-8-18-45)46-19-9-6-10-20-46/h5-40H,1-4H3/q+1. The largest absolute Gasteiger partial charge is 0.456 e. The van der Waals surface area contributed by atoms with E-state index < -0.39 is 0 Å². The van der Waals surface area contributed by atoms with Gasteiger partial charge in [0.05, 0.1) is 6.07 Å². The molecule has 0 saturated heterocycles. The summed E-state index contributed by atoms with van der Waals surface area (Å²) in [7, 11) is 0. The van der Waals surface area contributed by atoms with Gasteiger partial charge in [-0.05, 0) is 117 Å². The number of para-hydroxylation sites is 2. The van der Waals surface area contributed by atoms with Crippen LogP contribution < -0.4 is 19.7 Å². The van der Waals surface area contributed by atoms with E-state index in [1.54, 1.807) is 4.90 Å². The van der Waals surface area contributed by atoms with Crippen LogP contribution in [0, 0.1) is 27.7 Å². The van der Waals surface area contributed by atoms with Crippen LogP contribution >= 0.6 is 0 Å². The Kier molecular flexibility index (Phi) is 11.0. The van der Waals surface area contributed by atoms with Gasteiger partial charge in [-0.25, -0.2) is 0 Å². The van der Waals surface area contributed by atoms with Gasteiger partial charge >= 0.3 is 0 Å². The van der Waals surface area contributed by atoms with E-state index in [-0.39, 0.29) is 5.91 Å². The zero-order chi connectivity index (χ0) is 44.4. The van der Waals surface area contributed by atoms with Gasteiger partial charge in [0.25, 0.3) is 5.91 Å². The first-order valence-electron chi connectivity index (χ1n) is 22.0. The van der Waals surface area contributed by atoms with Gasteiger partial charge in [-0.3, -0.25) is 9.69 Å². The second-order valence-corrected chi connectivity index (χ2v) is 16.7. The Balaban J connectivity index is 1.26. The summed E-state index contributed by atoms with van der Waals surface area (Å²) in [5.41, 5.74) is 15.3. The minimum absolute atomic E-state index is 0.136. The van der Waals surface area contributed by atoms with E-state index in [1.807, 2.05) is 78.9 Å². The number of amides is 1. The highest BCUT2D eigenvalue weighted by molar-refractivity contribution is 6.17. The lowest BCUT2D eigenvalue weighted by atomic mass is 9.90. The van der Waals surface area contributed by atoms with Crippen LogP contribution in [0.25, 0.3) is 33.4 Å². The van der Waals surface area contributed by atoms with Crippen LogP contribution in [0.15, 0.2) is 223 Å². The van der Waals surface area contributed by atoms with Gasteiger partial charge in [0.2, 0.25) is 16.7 Å². The number of carbonyl (C=O) groups is 1. The van der Waals surface area contributed by atoms with Crippen molar-refractivity contribution in [3.8, 4) is 22.5 Å². The van der Waals surface area contributed by atoms with Crippen molar-refractivity contribution in [3.63, 3.8) is 0 Å². The molecule has 0 aromatic heterocycles. The number of hydrogen-bond acceptors (Lipinski definition) is 3. The van der Waals surface area contributed by atoms with E-state index in [0.717, 1.165) is 67.2 Å². The molecule has 0 unspecified atom stereocenters. The number of nitrogens with zero attached hydrogens (tertiary/aromatic N) is 3. The van der Waals surface area contributed by atoms with Crippen molar-refractivity contribution in [2.45, 2.75) is 27.7 Å². The predicted octanol–water partition coefficient (Wildman–Crippen LogP) is 15.3. The minimum Gasteiger partial charge on any atom is -0.456 e. The van der Waals surface area contributed by atoms with Gasteiger partial charge in [0.1, 0.15) is 11.3 Å². The summed E-state index contributed by atoms with van der Waals surface area (Å²) in [6.45, 7) is 8.46. The summed E-state index contributed by atoms with van der Waals surface area (Å²) < 4.78 is 9.43. The summed E-state index contributed by atoms with van der Waals surface area (Å²) in [5.74, 6) is 0.554. The van der Waals surface area contributed by atoms with Crippen molar-refractivity contribution < 1.29 is 9.21 Å². The third-order valence-corrected chi connectivity index (χ3v) is 12.0. The van der Waals surface area contributed by atoms with Crippen molar-refractivity contribution in [3.05, 3.63) is 252 Å². The Morgan fingerprint density at radius 2 is 1.02 bits per heavy atom. The molecule has 65 heavy (non-hydrogen) atoms. The Bertz CT molecular complexity index is 3330. The highest BCUT2D eigenvalue weighted by atomic mass is 16.3. The highest BCUT2D eigenvalue weighted by Crippen LogP contribution is 2.45. The van der Waals surface area contributed by atoms with Crippen LogP contribution in [0.2, 0.25) is 0 Å². The first-order valence-corrected chi connectivity index (χ1v) is 22.0. The maximum Gasteiger partial charge on any atom is 0.263 e. The second kappa shape index (κ2) is 17.5. The number of aryl methyl sites for hydroxylation is 4. The van der Waals surface area contributed by atoms with Crippen LogP contribution in [-0.2, 0) is 0 Å². The maximum atomic E-state index is 15.3. The molecule has 8 aromatic rings. The van der Waals surface area contributed by atoms with Gasteiger partial charge in [-0.15, -0.1) is 0 Å². The fraction of sp³-hybridized carbons (Fsp3) is 0.0667. The van der Waals surface area contributed by atoms with Gasteiger partial charge in [0.15, 0.2) is 0 Å². The normalized spacial score (nSPS) is 11.7. The number of anilines is 5. The smallest absolute Gasteiger partial charge is 0.263 e. The van der Waals surface area contributed by atoms with Crippen molar-refractivity contribution in [1.29, 1.82) is 0 Å². The Morgan fingerprint density at radius 3 is 1.69 bits per heavy atom. The van der Waals surface area contributed by atoms with Crippen LogP contribution in [-0.4, -0.2) is 5.91 Å². The zero-order valence-corrected chi connectivity index (χ0v) is 36.9. The van der Waals surface area contributed by atoms with Crippen LogP contribution in [0.3, 0.4) is 0 Å². The first kappa shape index (κ1) is 40.8. The van der Waals surface area contributed by atoms with Crippen LogP contribution in [0.4, 0.5) is 39.8 Å². The third-order valence-electron chi connectivity index (χ3n) is 12.0. The van der Waals surface area contributed by atoms with Gasteiger partial charge in [-0.2, -0.15) is 4.58 Å². The average molecular weight is 843 g/mol. The summed E-state index contributed by atoms with van der Waals surface area (Å²) in [6, 6.07) is 74.9. The molecule has 1 amide bonds. The molecule has 8 aromatic carbocycles. The zero-order valence-electron chi connectivity index (χ0n) is 36.9. The van der Waals surface area contributed by atoms with E-state index >= 15 is 4.79 Å². The van der Waals surface area contributed by atoms with Gasteiger partial charge in [0, 0.05) is 86.9 Å². The van der Waals surface area contributed by atoms with Crippen molar-refractivity contribution >= 4 is 56.7 Å². The third kappa shape index (κ3) is 8.12. The Morgan fingerprint density at radius 1 is 0.431 bits per heavy atom. The first-order chi connectivity index (χ1) is 31.8. The van der Waals surface area contributed by atoms with Crippen molar-refractivity contribution in [1.82, 2.24) is 4.58 Å². The molecule has 5 heteroatoms. The van der Waals surface area contributed by atoms with E-state index in [2.05, 4.69) is 177 Å². The molecule has 0 bridgehead atoms. The number of fused-ring (bicyclic) bond motifs is 2. The van der Waals surface area contributed by atoms with E-state index in [4.69, 9.17) is 4.42 Å². The summed E-state index contributed by atoms with van der Waals surface area (Å²) in [6.07, 6.45) is 0. The fourth-order valence-electron chi connectivity index (χ4n) is 8.80. The second-order valence-electron chi connectivity index (χ2n) is 16.7. The summed E-state index contributed by atoms with van der Waals surface area (Å²) >= 11 is 0. The molecule has 5 nitrogen and oxygen atoms in total. The summed E-state index contributed by atoms with van der Waals surface area (Å²) in [5, 5.41) is 1.84. The molecular formula is C60H48N3O2+. The Hall–Kier alpha value is -8.28. The van der Waals surface area contributed by atoms with Crippen molar-refractivity contribution in [2.24, 2.45) is 0 Å². The molecule has 0 spiro atoms. The van der Waals surface area contributed by atoms with Gasteiger partial charge < -0.3 is 9.32 Å². The van der Waals surface area contributed by atoms with Crippen LogP contribution in [0.5, 0.6) is 0 Å². The predicted molar refractivity (Wildman–Crippen MR) is 269 cm³/mol. The lowest BCUT2D eigenvalue weighted by molar-refractivity contribution is 0.1000. The molecule has 1 aliphatic heterocycles. The lowest BCUT2D eigenvalue weighted by Crippen LogP contribution is -2.26. The van der Waals surface area contributed by atoms with Crippen molar-refractivity contribution in [2.75, 3.05) is 9.80 Å². The maximum absolute atomic E-state index is 15.3. The molecule has 0 saturated carbocycles. The molecule has 10 rings (SSSR count). The molecule has 314 valence electrons. The lowest BCUT2D eigenvalue weighted by Gasteiger charge is -2.27. The minimum atomic E-state index is -0.136. The number of hydrogen-bond donors (Lipinski definition) is 0. The molecule has 1 heterocycles. The molecule has 0 radical (unpaired) electrons.